The Kier molecular flexibility index (Phi) is 3.81. The van der Waals surface area contributed by atoms with Gasteiger partial charge in [-0.25, -0.2) is 0 Å². The van der Waals surface area contributed by atoms with Crippen molar-refractivity contribution in [1.29, 1.82) is 0 Å². The van der Waals surface area contributed by atoms with Gasteiger partial charge in [0.05, 0.1) is 0 Å². The zero-order valence-corrected chi connectivity index (χ0v) is 9.11. The fraction of sp³-hybridized carbons (Fsp3) is 0.833. The van der Waals surface area contributed by atoms with Crippen molar-refractivity contribution >= 4 is 0 Å². The molecule has 1 rings (SSSR count). The summed E-state index contributed by atoms with van der Waals surface area (Å²) in [6.45, 7) is 7.57. The Bertz CT molecular complexity index is 205. The first-order chi connectivity index (χ1) is 6.23. The van der Waals surface area contributed by atoms with E-state index in [2.05, 4.69) is 31.0 Å². The van der Waals surface area contributed by atoms with E-state index in [4.69, 9.17) is 0 Å². The molecule has 0 aromatic heterocycles. The van der Waals surface area contributed by atoms with E-state index in [1.807, 2.05) is 6.92 Å². The van der Waals surface area contributed by atoms with E-state index in [1.165, 1.54) is 19.3 Å². The monoisotopic (exact) mass is 179 g/mol. The first kappa shape index (κ1) is 10.6. The maximum Gasteiger partial charge on any atom is 0.0130 e. The largest absolute Gasteiger partial charge is 0.314 e. The van der Waals surface area contributed by atoms with E-state index in [-0.39, 0.29) is 0 Å². The molecule has 1 N–H and O–H groups in total. The van der Waals surface area contributed by atoms with E-state index >= 15 is 0 Å². The second-order valence-corrected chi connectivity index (χ2v) is 4.23. The van der Waals surface area contributed by atoms with Crippen LogP contribution < -0.4 is 5.32 Å². The molecule has 0 aromatic rings. The first-order valence-electron chi connectivity index (χ1n) is 5.36. The van der Waals surface area contributed by atoms with Crippen molar-refractivity contribution in [3.8, 4) is 11.8 Å². The van der Waals surface area contributed by atoms with E-state index in [0.717, 1.165) is 13.0 Å². The second-order valence-electron chi connectivity index (χ2n) is 4.23. The molecule has 1 unspecified atom stereocenters. The summed E-state index contributed by atoms with van der Waals surface area (Å²) in [7, 11) is 0. The second kappa shape index (κ2) is 4.67. The average Bonchev–Trinajstić information content (AvgIpc) is 2.84. The lowest BCUT2D eigenvalue weighted by molar-refractivity contribution is 0.346. The molecule has 1 nitrogen and oxygen atoms in total. The maximum atomic E-state index is 3.58. The third kappa shape index (κ3) is 3.04. The fourth-order valence-electron chi connectivity index (χ4n) is 1.83. The standard InChI is InChI=1S/C12H21N/c1-4-6-7-8-11(13-5-2)12(3)9-10-12/h11,13H,5,7-10H2,1-3H3. The van der Waals surface area contributed by atoms with Crippen LogP contribution in [0.1, 0.15) is 46.5 Å². The van der Waals surface area contributed by atoms with Gasteiger partial charge in [-0.15, -0.1) is 11.8 Å². The molecular weight excluding hydrogens is 158 g/mol. The van der Waals surface area contributed by atoms with Gasteiger partial charge in [-0.05, 0) is 38.1 Å². The predicted molar refractivity (Wildman–Crippen MR) is 57.5 cm³/mol. The molecule has 0 spiro atoms. The topological polar surface area (TPSA) is 12.0 Å². The van der Waals surface area contributed by atoms with Gasteiger partial charge >= 0.3 is 0 Å². The first-order valence-corrected chi connectivity index (χ1v) is 5.36. The molecule has 0 radical (unpaired) electrons. The molecule has 0 amide bonds. The van der Waals surface area contributed by atoms with Gasteiger partial charge in [0.1, 0.15) is 0 Å². The van der Waals surface area contributed by atoms with E-state index in [9.17, 15) is 0 Å². The third-order valence-corrected chi connectivity index (χ3v) is 3.07. The minimum absolute atomic E-state index is 0.589. The van der Waals surface area contributed by atoms with Crippen LogP contribution in [-0.2, 0) is 0 Å². The molecule has 1 atom stereocenters. The van der Waals surface area contributed by atoms with Crippen molar-refractivity contribution in [3.05, 3.63) is 0 Å². The summed E-state index contributed by atoms with van der Waals surface area (Å²) in [5, 5.41) is 3.58. The Morgan fingerprint density at radius 3 is 2.62 bits per heavy atom. The fourth-order valence-corrected chi connectivity index (χ4v) is 1.83. The lowest BCUT2D eigenvalue weighted by Gasteiger charge is -2.23. The van der Waals surface area contributed by atoms with Crippen LogP contribution >= 0.6 is 0 Å². The van der Waals surface area contributed by atoms with Crippen LogP contribution in [0, 0.1) is 17.3 Å². The van der Waals surface area contributed by atoms with Crippen LogP contribution in [0.25, 0.3) is 0 Å². The highest BCUT2D eigenvalue weighted by Crippen LogP contribution is 2.49. The summed E-state index contributed by atoms with van der Waals surface area (Å²) >= 11 is 0. The third-order valence-electron chi connectivity index (χ3n) is 3.07. The quantitative estimate of drug-likeness (QED) is 0.640. The average molecular weight is 179 g/mol. The summed E-state index contributed by atoms with van der Waals surface area (Å²) in [6.07, 6.45) is 5.05. The Hall–Kier alpha value is -0.480. The molecule has 1 heteroatoms. The molecule has 13 heavy (non-hydrogen) atoms. The van der Waals surface area contributed by atoms with Crippen LogP contribution in [0.2, 0.25) is 0 Å². The smallest absolute Gasteiger partial charge is 0.0130 e. The summed E-state index contributed by atoms with van der Waals surface area (Å²) in [5.74, 6) is 6.11. The molecule has 1 saturated carbocycles. The Morgan fingerprint density at radius 1 is 1.46 bits per heavy atom. The van der Waals surface area contributed by atoms with Crippen LogP contribution in [-0.4, -0.2) is 12.6 Å². The Balaban J connectivity index is 2.32. The van der Waals surface area contributed by atoms with Gasteiger partial charge in [-0.2, -0.15) is 0 Å². The molecular formula is C12H21N. The van der Waals surface area contributed by atoms with Crippen molar-refractivity contribution < 1.29 is 0 Å². The van der Waals surface area contributed by atoms with Gasteiger partial charge < -0.3 is 5.32 Å². The normalized spacial score (nSPS) is 20.2. The van der Waals surface area contributed by atoms with Gasteiger partial charge in [0.2, 0.25) is 0 Å². The molecule has 0 aromatic carbocycles. The zero-order chi connectivity index (χ0) is 9.73. The Labute approximate surface area is 82.3 Å². The summed E-state index contributed by atoms with van der Waals surface area (Å²) in [5.41, 5.74) is 0.589. The van der Waals surface area contributed by atoms with Crippen molar-refractivity contribution in [2.75, 3.05) is 6.54 Å². The lowest BCUT2D eigenvalue weighted by atomic mass is 9.94. The van der Waals surface area contributed by atoms with Gasteiger partial charge in [0, 0.05) is 12.5 Å². The molecule has 0 aliphatic heterocycles. The highest BCUT2D eigenvalue weighted by molar-refractivity contribution is 5.02. The lowest BCUT2D eigenvalue weighted by Crippen LogP contribution is -2.35. The van der Waals surface area contributed by atoms with Crippen molar-refractivity contribution in [3.63, 3.8) is 0 Å². The molecule has 0 saturated heterocycles. The van der Waals surface area contributed by atoms with Gasteiger partial charge in [0.25, 0.3) is 0 Å². The molecule has 0 bridgehead atoms. The van der Waals surface area contributed by atoms with Crippen molar-refractivity contribution in [1.82, 2.24) is 5.32 Å². The maximum absolute atomic E-state index is 3.58. The summed E-state index contributed by atoms with van der Waals surface area (Å²) < 4.78 is 0. The van der Waals surface area contributed by atoms with Gasteiger partial charge in [0.15, 0.2) is 0 Å². The highest BCUT2D eigenvalue weighted by atomic mass is 14.9. The molecule has 74 valence electrons. The minimum atomic E-state index is 0.589. The number of nitrogens with one attached hydrogen (secondary N) is 1. The van der Waals surface area contributed by atoms with Crippen molar-refractivity contribution in [2.24, 2.45) is 5.41 Å². The van der Waals surface area contributed by atoms with Gasteiger partial charge in [-0.3, -0.25) is 0 Å². The van der Waals surface area contributed by atoms with Crippen LogP contribution in [0.5, 0.6) is 0 Å². The van der Waals surface area contributed by atoms with E-state index < -0.39 is 0 Å². The minimum Gasteiger partial charge on any atom is -0.314 e. The molecule has 1 aliphatic carbocycles. The van der Waals surface area contributed by atoms with Crippen molar-refractivity contribution in [2.45, 2.75) is 52.5 Å². The van der Waals surface area contributed by atoms with Crippen LogP contribution in [0.3, 0.4) is 0 Å². The highest BCUT2D eigenvalue weighted by Gasteiger charge is 2.43. The number of rotatable bonds is 5. The van der Waals surface area contributed by atoms with Gasteiger partial charge in [-0.1, -0.05) is 13.8 Å². The molecule has 0 heterocycles. The SMILES string of the molecule is CC#CCCC(NCC)C1(C)CC1. The molecule has 1 fully saturated rings. The molecule has 1 aliphatic rings. The summed E-state index contributed by atoms with van der Waals surface area (Å²) in [6, 6.07) is 0.693. The van der Waals surface area contributed by atoms with Crippen LogP contribution in [0.15, 0.2) is 0 Å². The van der Waals surface area contributed by atoms with E-state index in [0.29, 0.717) is 11.5 Å². The Morgan fingerprint density at radius 2 is 2.15 bits per heavy atom. The van der Waals surface area contributed by atoms with Crippen LogP contribution in [0.4, 0.5) is 0 Å². The number of hydrogen-bond donors (Lipinski definition) is 1. The number of hydrogen-bond acceptors (Lipinski definition) is 1. The summed E-state index contributed by atoms with van der Waals surface area (Å²) in [4.78, 5) is 0. The zero-order valence-electron chi connectivity index (χ0n) is 9.11. The predicted octanol–water partition coefficient (Wildman–Crippen LogP) is 2.57. The van der Waals surface area contributed by atoms with E-state index in [1.54, 1.807) is 0 Å².